The minimum atomic E-state index is -0.440. The van der Waals surface area contributed by atoms with Crippen LogP contribution in [0.5, 0.6) is 5.75 Å². The lowest BCUT2D eigenvalue weighted by Gasteiger charge is -2.36. The quantitative estimate of drug-likeness (QED) is 0.341. The Kier molecular flexibility index (Phi) is 12.9. The van der Waals surface area contributed by atoms with Crippen molar-refractivity contribution in [2.45, 2.75) is 71.2 Å². The number of carbonyl (C=O) groups is 2. The maximum atomic E-state index is 14.3. The van der Waals surface area contributed by atoms with E-state index in [-0.39, 0.29) is 43.0 Å². The van der Waals surface area contributed by atoms with Crippen LogP contribution in [0.2, 0.25) is 0 Å². The molecule has 3 aromatic rings. The van der Waals surface area contributed by atoms with Crippen molar-refractivity contribution in [1.82, 2.24) is 14.8 Å². The Bertz CT molecular complexity index is 1360. The summed E-state index contributed by atoms with van der Waals surface area (Å²) >= 11 is 0. The van der Waals surface area contributed by atoms with Crippen LogP contribution in [-0.2, 0) is 22.5 Å². The zero-order chi connectivity index (χ0) is 32.2. The number of pyridine rings is 1. The van der Waals surface area contributed by atoms with Crippen LogP contribution in [0.4, 0.5) is 5.69 Å². The zero-order valence-electron chi connectivity index (χ0n) is 27.0. The number of hydrogen-bond donors (Lipinski definition) is 2. The van der Waals surface area contributed by atoms with Gasteiger partial charge in [-0.25, -0.2) is 0 Å². The van der Waals surface area contributed by atoms with Gasteiger partial charge in [-0.15, -0.1) is 0 Å². The summed E-state index contributed by atoms with van der Waals surface area (Å²) in [6.45, 7) is 8.20. The van der Waals surface area contributed by atoms with E-state index in [2.05, 4.69) is 29.2 Å². The summed E-state index contributed by atoms with van der Waals surface area (Å²) in [4.78, 5) is 35.3. The van der Waals surface area contributed by atoms with Gasteiger partial charge in [0.05, 0.1) is 36.8 Å². The van der Waals surface area contributed by atoms with Crippen molar-refractivity contribution in [2.24, 2.45) is 5.92 Å². The van der Waals surface area contributed by atoms with E-state index < -0.39 is 6.04 Å². The van der Waals surface area contributed by atoms with Gasteiger partial charge in [0.25, 0.3) is 5.91 Å². The Morgan fingerprint density at radius 1 is 1.09 bits per heavy atom. The predicted molar refractivity (Wildman–Crippen MR) is 176 cm³/mol. The fourth-order valence-electron chi connectivity index (χ4n) is 5.62. The Morgan fingerprint density at radius 3 is 2.58 bits per heavy atom. The standard InChI is InChI=1S/C36H48N4O5/c1-26-22-40(27(2)25-41)36(43)32-21-31(38-35(42)20-29-11-6-5-7-12-29)13-14-33(32)45-28(3)10-8-9-19-44-34(26)24-39(4)23-30-15-17-37-18-16-30/h5-7,11-18,21,26-28,34,41H,8-10,19-20,22-25H2,1-4H3,(H,38,42)/t26-,27-,28+,34-/m0/s1. The number of nitrogens with zero attached hydrogens (tertiary/aromatic N) is 3. The Balaban J connectivity index is 1.59. The van der Waals surface area contributed by atoms with Crippen LogP contribution < -0.4 is 10.1 Å². The van der Waals surface area contributed by atoms with Crippen molar-refractivity contribution in [2.75, 3.05) is 38.7 Å². The topological polar surface area (TPSA) is 104 Å². The highest BCUT2D eigenvalue weighted by molar-refractivity contribution is 6.00. The van der Waals surface area contributed by atoms with Crippen molar-refractivity contribution in [3.05, 3.63) is 89.7 Å². The van der Waals surface area contributed by atoms with Crippen LogP contribution in [0.15, 0.2) is 73.1 Å². The second-order valence-electron chi connectivity index (χ2n) is 12.3. The highest BCUT2D eigenvalue weighted by atomic mass is 16.5. The number of likely N-dealkylation sites (N-methyl/N-ethyl adjacent to an activating group) is 1. The lowest BCUT2D eigenvalue weighted by Crippen LogP contribution is -2.47. The molecule has 45 heavy (non-hydrogen) atoms. The largest absolute Gasteiger partial charge is 0.490 e. The first-order valence-corrected chi connectivity index (χ1v) is 16.0. The number of aliphatic hydroxyl groups is 1. The van der Waals surface area contributed by atoms with Crippen molar-refractivity contribution >= 4 is 17.5 Å². The molecule has 0 fully saturated rings. The molecular weight excluding hydrogens is 568 g/mol. The van der Waals surface area contributed by atoms with E-state index in [0.717, 1.165) is 31.4 Å². The molecule has 0 aliphatic carbocycles. The average molecular weight is 617 g/mol. The number of benzene rings is 2. The number of aliphatic hydroxyl groups excluding tert-OH is 1. The normalized spacial score (nSPS) is 20.5. The molecule has 0 radical (unpaired) electrons. The molecule has 0 saturated heterocycles. The minimum Gasteiger partial charge on any atom is -0.490 e. The number of fused-ring (bicyclic) bond motifs is 1. The lowest BCUT2D eigenvalue weighted by atomic mass is 10.0. The highest BCUT2D eigenvalue weighted by Crippen LogP contribution is 2.28. The molecule has 2 N–H and O–H groups in total. The summed E-state index contributed by atoms with van der Waals surface area (Å²) in [5.41, 5.74) is 2.95. The van der Waals surface area contributed by atoms with E-state index in [1.807, 2.05) is 56.3 Å². The molecule has 0 spiro atoms. The molecular formula is C36H48N4O5. The molecule has 0 saturated carbocycles. The number of nitrogens with one attached hydrogen (secondary N) is 1. The molecule has 242 valence electrons. The Morgan fingerprint density at radius 2 is 1.84 bits per heavy atom. The third-order valence-corrected chi connectivity index (χ3v) is 8.24. The summed E-state index contributed by atoms with van der Waals surface area (Å²) in [5.74, 6) is 0.0145. The summed E-state index contributed by atoms with van der Waals surface area (Å²) < 4.78 is 12.8. The number of aromatic nitrogens is 1. The number of rotatable bonds is 9. The van der Waals surface area contributed by atoms with E-state index >= 15 is 0 Å². The molecule has 1 aliphatic heterocycles. The third-order valence-electron chi connectivity index (χ3n) is 8.24. The van der Waals surface area contributed by atoms with Gasteiger partial charge in [0, 0.05) is 50.2 Å². The first-order valence-electron chi connectivity index (χ1n) is 16.0. The van der Waals surface area contributed by atoms with Crippen LogP contribution >= 0.6 is 0 Å². The monoisotopic (exact) mass is 616 g/mol. The number of amides is 2. The van der Waals surface area contributed by atoms with E-state index in [0.29, 0.717) is 36.7 Å². The van der Waals surface area contributed by atoms with Gasteiger partial charge >= 0.3 is 0 Å². The van der Waals surface area contributed by atoms with E-state index in [4.69, 9.17) is 9.47 Å². The van der Waals surface area contributed by atoms with Gasteiger partial charge in [0.1, 0.15) is 5.75 Å². The van der Waals surface area contributed by atoms with E-state index in [1.54, 1.807) is 35.5 Å². The van der Waals surface area contributed by atoms with Gasteiger partial charge in [0.2, 0.25) is 5.91 Å². The second-order valence-corrected chi connectivity index (χ2v) is 12.3. The van der Waals surface area contributed by atoms with Crippen molar-refractivity contribution < 1.29 is 24.2 Å². The number of anilines is 1. The van der Waals surface area contributed by atoms with Crippen LogP contribution in [-0.4, -0.2) is 83.3 Å². The van der Waals surface area contributed by atoms with Crippen LogP contribution in [0.1, 0.15) is 61.5 Å². The first kappa shape index (κ1) is 34.1. The molecule has 4 atom stereocenters. The molecule has 1 aromatic heterocycles. The van der Waals surface area contributed by atoms with Crippen molar-refractivity contribution in [3.8, 4) is 5.75 Å². The van der Waals surface area contributed by atoms with E-state index in [1.165, 1.54) is 5.56 Å². The summed E-state index contributed by atoms with van der Waals surface area (Å²) in [5, 5.41) is 13.2. The second kappa shape index (κ2) is 17.1. The van der Waals surface area contributed by atoms with E-state index in [9.17, 15) is 14.7 Å². The van der Waals surface area contributed by atoms with Gasteiger partial charge in [-0.05, 0) is 81.6 Å². The maximum Gasteiger partial charge on any atom is 0.258 e. The molecule has 9 heteroatoms. The molecule has 2 aromatic carbocycles. The Labute approximate surface area is 267 Å². The number of ether oxygens (including phenoxy) is 2. The highest BCUT2D eigenvalue weighted by Gasteiger charge is 2.30. The summed E-state index contributed by atoms with van der Waals surface area (Å²) in [6, 6.07) is 18.3. The SMILES string of the molecule is C[C@@H]1CCCCO[C@@H](CN(C)Cc2ccncc2)[C@@H](C)CN([C@@H](C)CO)C(=O)c2cc(NC(=O)Cc3ccccc3)ccc2O1. The van der Waals surface area contributed by atoms with Crippen molar-refractivity contribution in [1.29, 1.82) is 0 Å². The molecule has 2 heterocycles. The molecule has 9 nitrogen and oxygen atoms in total. The van der Waals surface area contributed by atoms with Gasteiger partial charge in [-0.2, -0.15) is 0 Å². The molecule has 0 bridgehead atoms. The van der Waals surface area contributed by atoms with Gasteiger partial charge < -0.3 is 24.8 Å². The molecule has 1 aliphatic rings. The van der Waals surface area contributed by atoms with Crippen LogP contribution in [0.25, 0.3) is 0 Å². The lowest BCUT2D eigenvalue weighted by molar-refractivity contribution is -0.115. The predicted octanol–water partition coefficient (Wildman–Crippen LogP) is 5.19. The van der Waals surface area contributed by atoms with Gasteiger partial charge in [0.15, 0.2) is 0 Å². The number of carbonyl (C=O) groups excluding carboxylic acids is 2. The van der Waals surface area contributed by atoms with Gasteiger partial charge in [-0.1, -0.05) is 37.3 Å². The smallest absolute Gasteiger partial charge is 0.258 e. The first-order chi connectivity index (χ1) is 21.7. The molecule has 4 rings (SSSR count). The minimum absolute atomic E-state index is 0.0252. The van der Waals surface area contributed by atoms with Crippen molar-refractivity contribution in [3.63, 3.8) is 0 Å². The fourth-order valence-corrected chi connectivity index (χ4v) is 5.62. The molecule has 2 amide bonds. The van der Waals surface area contributed by atoms with Gasteiger partial charge in [-0.3, -0.25) is 19.5 Å². The Hall–Kier alpha value is -3.79. The third kappa shape index (κ3) is 10.4. The van der Waals surface area contributed by atoms with Crippen LogP contribution in [0.3, 0.4) is 0 Å². The summed E-state index contributed by atoms with van der Waals surface area (Å²) in [7, 11) is 2.07. The zero-order valence-corrected chi connectivity index (χ0v) is 27.0. The molecule has 0 unspecified atom stereocenters. The fraction of sp³-hybridized carbons (Fsp3) is 0.472. The summed E-state index contributed by atoms with van der Waals surface area (Å²) in [6.07, 6.45) is 6.21. The number of hydrogen-bond acceptors (Lipinski definition) is 7. The average Bonchev–Trinajstić information content (AvgIpc) is 3.03. The van der Waals surface area contributed by atoms with Crippen LogP contribution in [0, 0.1) is 5.92 Å². The maximum absolute atomic E-state index is 14.3.